The van der Waals surface area contributed by atoms with Crippen LogP contribution in [0.25, 0.3) is 5.69 Å². The Labute approximate surface area is 132 Å². The lowest BCUT2D eigenvalue weighted by Gasteiger charge is -2.10. The van der Waals surface area contributed by atoms with Crippen molar-refractivity contribution in [3.8, 4) is 11.4 Å². The van der Waals surface area contributed by atoms with Gasteiger partial charge in [-0.25, -0.2) is 0 Å². The van der Waals surface area contributed by atoms with E-state index in [1.165, 1.54) is 11.0 Å². The van der Waals surface area contributed by atoms with Crippen molar-refractivity contribution >= 4 is 5.91 Å². The molecule has 3 rings (SSSR count). The van der Waals surface area contributed by atoms with Crippen LogP contribution in [0.4, 0.5) is 0 Å². The molecule has 0 aliphatic carbocycles. The van der Waals surface area contributed by atoms with Crippen molar-refractivity contribution in [3.63, 3.8) is 0 Å². The zero-order valence-corrected chi connectivity index (χ0v) is 12.3. The standard InChI is InChI=1S/C16H15N5O2/c22-16(17-10-11-23-13-6-2-1-3-7-13)14-8-4-5-9-15(14)21-12-18-19-20-21/h1-9,12H,10-11H2,(H,17,22). The van der Waals surface area contributed by atoms with E-state index in [1.807, 2.05) is 36.4 Å². The number of nitrogens with zero attached hydrogens (tertiary/aromatic N) is 4. The number of hydrogen-bond donors (Lipinski definition) is 1. The van der Waals surface area contributed by atoms with Gasteiger partial charge in [0.15, 0.2) is 0 Å². The molecule has 0 aliphatic rings. The van der Waals surface area contributed by atoms with Crippen molar-refractivity contribution in [2.75, 3.05) is 13.2 Å². The molecule has 1 aromatic heterocycles. The minimum atomic E-state index is -0.201. The Hall–Kier alpha value is -3.22. The number of benzene rings is 2. The molecule has 1 N–H and O–H groups in total. The van der Waals surface area contributed by atoms with Crippen LogP contribution in [0.2, 0.25) is 0 Å². The van der Waals surface area contributed by atoms with Crippen molar-refractivity contribution in [1.29, 1.82) is 0 Å². The molecule has 0 saturated heterocycles. The monoisotopic (exact) mass is 309 g/mol. The molecular formula is C16H15N5O2. The predicted molar refractivity (Wildman–Crippen MR) is 83.4 cm³/mol. The molecule has 2 aromatic carbocycles. The molecule has 0 bridgehead atoms. The van der Waals surface area contributed by atoms with Gasteiger partial charge in [0.1, 0.15) is 18.7 Å². The number of para-hydroxylation sites is 2. The summed E-state index contributed by atoms with van der Waals surface area (Å²) in [6.07, 6.45) is 1.45. The van der Waals surface area contributed by atoms with Crippen molar-refractivity contribution < 1.29 is 9.53 Å². The lowest BCUT2D eigenvalue weighted by Crippen LogP contribution is -2.29. The lowest BCUT2D eigenvalue weighted by molar-refractivity contribution is 0.0947. The predicted octanol–water partition coefficient (Wildman–Crippen LogP) is 1.47. The second-order valence-electron chi connectivity index (χ2n) is 4.69. The highest BCUT2D eigenvalue weighted by Crippen LogP contribution is 2.12. The molecular weight excluding hydrogens is 294 g/mol. The van der Waals surface area contributed by atoms with Gasteiger partial charge in [0.2, 0.25) is 0 Å². The molecule has 3 aromatic rings. The van der Waals surface area contributed by atoms with Crippen LogP contribution in [-0.2, 0) is 0 Å². The molecule has 0 unspecified atom stereocenters. The minimum absolute atomic E-state index is 0.201. The highest BCUT2D eigenvalue weighted by atomic mass is 16.5. The number of aromatic nitrogens is 4. The Morgan fingerprint density at radius 2 is 1.87 bits per heavy atom. The van der Waals surface area contributed by atoms with Gasteiger partial charge in [0.05, 0.1) is 17.8 Å². The third-order valence-corrected chi connectivity index (χ3v) is 3.14. The van der Waals surface area contributed by atoms with Crippen LogP contribution < -0.4 is 10.1 Å². The van der Waals surface area contributed by atoms with Gasteiger partial charge in [-0.15, -0.1) is 5.10 Å². The van der Waals surface area contributed by atoms with Crippen LogP contribution in [0.1, 0.15) is 10.4 Å². The van der Waals surface area contributed by atoms with Gasteiger partial charge in [-0.3, -0.25) is 4.79 Å². The Balaban J connectivity index is 1.59. The number of tetrazole rings is 1. The first-order chi connectivity index (χ1) is 11.3. The number of carbonyl (C=O) groups excluding carboxylic acids is 1. The summed E-state index contributed by atoms with van der Waals surface area (Å²) in [5.41, 5.74) is 1.12. The largest absolute Gasteiger partial charge is 0.492 e. The second kappa shape index (κ2) is 7.17. The SMILES string of the molecule is O=C(NCCOc1ccccc1)c1ccccc1-n1cnnn1. The first kappa shape index (κ1) is 14.7. The summed E-state index contributed by atoms with van der Waals surface area (Å²) in [5, 5.41) is 13.8. The zero-order valence-electron chi connectivity index (χ0n) is 12.3. The molecule has 0 fully saturated rings. The van der Waals surface area contributed by atoms with Crippen LogP contribution in [0.15, 0.2) is 60.9 Å². The van der Waals surface area contributed by atoms with E-state index in [4.69, 9.17) is 4.74 Å². The first-order valence-corrected chi connectivity index (χ1v) is 7.13. The third-order valence-electron chi connectivity index (χ3n) is 3.14. The van der Waals surface area contributed by atoms with E-state index in [2.05, 4.69) is 20.8 Å². The van der Waals surface area contributed by atoms with Crippen LogP contribution >= 0.6 is 0 Å². The molecule has 0 saturated carbocycles. The van der Waals surface area contributed by atoms with Crippen molar-refractivity contribution in [2.45, 2.75) is 0 Å². The number of ether oxygens (including phenoxy) is 1. The van der Waals surface area contributed by atoms with Crippen LogP contribution in [0.5, 0.6) is 5.75 Å². The lowest BCUT2D eigenvalue weighted by atomic mass is 10.1. The highest BCUT2D eigenvalue weighted by molar-refractivity contribution is 5.97. The number of rotatable bonds is 6. The smallest absolute Gasteiger partial charge is 0.253 e. The van der Waals surface area contributed by atoms with Crippen LogP contribution in [0.3, 0.4) is 0 Å². The van der Waals surface area contributed by atoms with Gasteiger partial charge >= 0.3 is 0 Å². The quantitative estimate of drug-likeness (QED) is 0.697. The summed E-state index contributed by atoms with van der Waals surface area (Å²) < 4.78 is 7.00. The van der Waals surface area contributed by atoms with Gasteiger partial charge in [0, 0.05) is 0 Å². The molecule has 116 valence electrons. The molecule has 7 heteroatoms. The van der Waals surface area contributed by atoms with E-state index in [-0.39, 0.29) is 5.91 Å². The van der Waals surface area contributed by atoms with Crippen molar-refractivity contribution in [3.05, 3.63) is 66.5 Å². The minimum Gasteiger partial charge on any atom is -0.492 e. The molecule has 7 nitrogen and oxygen atoms in total. The Kier molecular flexibility index (Phi) is 4.58. The highest BCUT2D eigenvalue weighted by Gasteiger charge is 2.12. The first-order valence-electron chi connectivity index (χ1n) is 7.13. The maximum Gasteiger partial charge on any atom is 0.253 e. The van der Waals surface area contributed by atoms with Gasteiger partial charge < -0.3 is 10.1 Å². The maximum absolute atomic E-state index is 12.3. The van der Waals surface area contributed by atoms with Crippen LogP contribution in [0, 0.1) is 0 Å². The second-order valence-corrected chi connectivity index (χ2v) is 4.69. The van der Waals surface area contributed by atoms with Crippen molar-refractivity contribution in [2.24, 2.45) is 0 Å². The summed E-state index contributed by atoms with van der Waals surface area (Å²) in [6.45, 7) is 0.792. The molecule has 0 atom stereocenters. The van der Waals surface area contributed by atoms with Gasteiger partial charge in [0.25, 0.3) is 5.91 Å². The fourth-order valence-corrected chi connectivity index (χ4v) is 2.08. The fourth-order valence-electron chi connectivity index (χ4n) is 2.08. The topological polar surface area (TPSA) is 81.9 Å². The molecule has 0 spiro atoms. The fraction of sp³-hybridized carbons (Fsp3) is 0.125. The average molecular weight is 309 g/mol. The van der Waals surface area contributed by atoms with E-state index >= 15 is 0 Å². The number of hydrogen-bond acceptors (Lipinski definition) is 5. The third kappa shape index (κ3) is 3.70. The Morgan fingerprint density at radius 1 is 1.09 bits per heavy atom. The summed E-state index contributed by atoms with van der Waals surface area (Å²) >= 11 is 0. The summed E-state index contributed by atoms with van der Waals surface area (Å²) in [7, 11) is 0. The molecule has 1 amide bonds. The molecule has 0 radical (unpaired) electrons. The van der Waals surface area contributed by atoms with E-state index in [9.17, 15) is 4.79 Å². The number of carbonyl (C=O) groups is 1. The van der Waals surface area contributed by atoms with Gasteiger partial charge in [-0.2, -0.15) is 4.68 Å². The van der Waals surface area contributed by atoms with E-state index in [0.717, 1.165) is 5.75 Å². The Morgan fingerprint density at radius 3 is 2.65 bits per heavy atom. The molecule has 23 heavy (non-hydrogen) atoms. The maximum atomic E-state index is 12.3. The van der Waals surface area contributed by atoms with E-state index in [1.54, 1.807) is 18.2 Å². The number of nitrogens with one attached hydrogen (secondary N) is 1. The van der Waals surface area contributed by atoms with Crippen LogP contribution in [-0.4, -0.2) is 39.3 Å². The molecule has 1 heterocycles. The zero-order chi connectivity index (χ0) is 15.9. The average Bonchev–Trinajstić information content (AvgIpc) is 3.14. The van der Waals surface area contributed by atoms with E-state index in [0.29, 0.717) is 24.4 Å². The summed E-state index contributed by atoms with van der Waals surface area (Å²) in [6, 6.07) is 16.6. The summed E-state index contributed by atoms with van der Waals surface area (Å²) in [4.78, 5) is 12.3. The van der Waals surface area contributed by atoms with Gasteiger partial charge in [-0.1, -0.05) is 30.3 Å². The van der Waals surface area contributed by atoms with Gasteiger partial charge in [-0.05, 0) is 34.7 Å². The summed E-state index contributed by atoms with van der Waals surface area (Å²) in [5.74, 6) is 0.573. The normalized spacial score (nSPS) is 10.3. The Bertz CT molecular complexity index is 759. The van der Waals surface area contributed by atoms with Crippen molar-refractivity contribution in [1.82, 2.24) is 25.5 Å². The molecule has 0 aliphatic heterocycles. The van der Waals surface area contributed by atoms with E-state index < -0.39 is 0 Å². The number of amides is 1.